The van der Waals surface area contributed by atoms with E-state index in [2.05, 4.69) is 22.1 Å². The van der Waals surface area contributed by atoms with E-state index in [4.69, 9.17) is 0 Å². The van der Waals surface area contributed by atoms with Crippen molar-refractivity contribution in [1.82, 2.24) is 10.6 Å². The van der Waals surface area contributed by atoms with Gasteiger partial charge in [-0.1, -0.05) is 6.07 Å². The molecule has 1 aliphatic rings. The fraction of sp³-hybridized carbons (Fsp3) is 0.583. The van der Waals surface area contributed by atoms with E-state index in [0.717, 1.165) is 32.4 Å². The van der Waals surface area contributed by atoms with E-state index >= 15 is 0 Å². The fourth-order valence-corrected chi connectivity index (χ4v) is 2.68. The maximum Gasteiger partial charge on any atom is 0.220 e. The van der Waals surface area contributed by atoms with Gasteiger partial charge in [-0.25, -0.2) is 0 Å². The van der Waals surface area contributed by atoms with Gasteiger partial charge in [-0.15, -0.1) is 11.3 Å². The summed E-state index contributed by atoms with van der Waals surface area (Å²) in [6, 6.07) is 4.45. The molecule has 1 saturated heterocycles. The van der Waals surface area contributed by atoms with E-state index in [-0.39, 0.29) is 5.91 Å². The highest BCUT2D eigenvalue weighted by atomic mass is 32.1. The number of amides is 1. The zero-order valence-electron chi connectivity index (χ0n) is 9.37. The molecule has 1 fully saturated rings. The molecule has 2 heterocycles. The van der Waals surface area contributed by atoms with Crippen LogP contribution in [0.5, 0.6) is 0 Å². The van der Waals surface area contributed by atoms with Crippen molar-refractivity contribution in [3.8, 4) is 0 Å². The van der Waals surface area contributed by atoms with Crippen LogP contribution in [0.1, 0.15) is 24.1 Å². The van der Waals surface area contributed by atoms with Gasteiger partial charge in [-0.3, -0.25) is 4.79 Å². The number of carbonyl (C=O) groups excluding carboxylic acids is 1. The normalized spacial score (nSPS) is 20.6. The molecule has 1 atom stereocenters. The van der Waals surface area contributed by atoms with Gasteiger partial charge in [-0.05, 0) is 37.3 Å². The molecule has 1 aromatic rings. The van der Waals surface area contributed by atoms with Gasteiger partial charge in [0.1, 0.15) is 0 Å². The molecule has 16 heavy (non-hydrogen) atoms. The van der Waals surface area contributed by atoms with Crippen LogP contribution in [-0.4, -0.2) is 25.0 Å². The first-order valence-electron chi connectivity index (χ1n) is 5.87. The summed E-state index contributed by atoms with van der Waals surface area (Å²) in [6.45, 7) is 2.01. The molecule has 0 radical (unpaired) electrons. The lowest BCUT2D eigenvalue weighted by molar-refractivity contribution is -0.121. The van der Waals surface area contributed by atoms with E-state index in [9.17, 15) is 4.79 Å². The van der Waals surface area contributed by atoms with Crippen LogP contribution in [0.15, 0.2) is 17.5 Å². The second-order valence-corrected chi connectivity index (χ2v) is 5.22. The Bertz CT molecular complexity index is 318. The van der Waals surface area contributed by atoms with Crippen LogP contribution in [0.25, 0.3) is 0 Å². The van der Waals surface area contributed by atoms with Crippen LogP contribution in [0.3, 0.4) is 0 Å². The highest BCUT2D eigenvalue weighted by Gasteiger charge is 2.14. The topological polar surface area (TPSA) is 41.1 Å². The van der Waals surface area contributed by atoms with Gasteiger partial charge in [0.2, 0.25) is 5.91 Å². The highest BCUT2D eigenvalue weighted by molar-refractivity contribution is 7.09. The lowest BCUT2D eigenvalue weighted by Crippen LogP contribution is -2.45. The Morgan fingerprint density at radius 3 is 3.25 bits per heavy atom. The molecule has 1 aliphatic heterocycles. The molecule has 2 rings (SSSR count). The van der Waals surface area contributed by atoms with Gasteiger partial charge in [-0.2, -0.15) is 0 Å². The van der Waals surface area contributed by atoms with Gasteiger partial charge in [0.05, 0.1) is 0 Å². The van der Waals surface area contributed by atoms with Crippen molar-refractivity contribution in [2.45, 2.75) is 31.7 Å². The highest BCUT2D eigenvalue weighted by Crippen LogP contribution is 2.11. The molecular weight excluding hydrogens is 220 g/mol. The van der Waals surface area contributed by atoms with Crippen molar-refractivity contribution in [2.75, 3.05) is 13.1 Å². The minimum Gasteiger partial charge on any atom is -0.352 e. The van der Waals surface area contributed by atoms with Crippen molar-refractivity contribution >= 4 is 17.2 Å². The van der Waals surface area contributed by atoms with E-state index in [1.165, 1.54) is 4.88 Å². The summed E-state index contributed by atoms with van der Waals surface area (Å²) in [5, 5.41) is 8.44. The Balaban J connectivity index is 1.67. The molecule has 0 saturated carbocycles. The van der Waals surface area contributed by atoms with Gasteiger partial charge < -0.3 is 10.6 Å². The first kappa shape index (κ1) is 11.6. The number of rotatable bonds is 4. The number of nitrogens with one attached hydrogen (secondary N) is 2. The first-order chi connectivity index (χ1) is 7.84. The van der Waals surface area contributed by atoms with Crippen LogP contribution in [-0.2, 0) is 11.2 Å². The van der Waals surface area contributed by atoms with Crippen molar-refractivity contribution < 1.29 is 4.79 Å². The van der Waals surface area contributed by atoms with Crippen LogP contribution >= 0.6 is 11.3 Å². The van der Waals surface area contributed by atoms with Crippen LogP contribution in [0.4, 0.5) is 0 Å². The van der Waals surface area contributed by atoms with Crippen LogP contribution in [0, 0.1) is 0 Å². The predicted molar refractivity (Wildman–Crippen MR) is 66.7 cm³/mol. The molecule has 0 aliphatic carbocycles. The summed E-state index contributed by atoms with van der Waals surface area (Å²) < 4.78 is 0. The molecule has 1 aromatic heterocycles. The zero-order valence-corrected chi connectivity index (χ0v) is 10.2. The average molecular weight is 238 g/mol. The van der Waals surface area contributed by atoms with Gasteiger partial charge in [0.25, 0.3) is 0 Å². The molecule has 3 nitrogen and oxygen atoms in total. The molecule has 0 bridgehead atoms. The Hall–Kier alpha value is -0.870. The molecule has 4 heteroatoms. The number of piperidine rings is 1. The monoisotopic (exact) mass is 238 g/mol. The quantitative estimate of drug-likeness (QED) is 0.835. The molecule has 0 unspecified atom stereocenters. The van der Waals surface area contributed by atoms with Crippen LogP contribution < -0.4 is 10.6 Å². The summed E-state index contributed by atoms with van der Waals surface area (Å²) in [4.78, 5) is 13.0. The summed E-state index contributed by atoms with van der Waals surface area (Å²) in [5.74, 6) is 0.183. The number of aryl methyl sites for hydroxylation is 1. The van der Waals surface area contributed by atoms with Crippen molar-refractivity contribution in [3.05, 3.63) is 22.4 Å². The smallest absolute Gasteiger partial charge is 0.220 e. The van der Waals surface area contributed by atoms with E-state index < -0.39 is 0 Å². The van der Waals surface area contributed by atoms with Crippen molar-refractivity contribution in [1.29, 1.82) is 0 Å². The number of hydrogen-bond acceptors (Lipinski definition) is 3. The van der Waals surface area contributed by atoms with Crippen molar-refractivity contribution in [3.63, 3.8) is 0 Å². The largest absolute Gasteiger partial charge is 0.352 e. The minimum absolute atomic E-state index is 0.183. The molecule has 0 aromatic carbocycles. The third-order valence-corrected chi connectivity index (χ3v) is 3.78. The Labute approximate surface area is 100 Å². The van der Waals surface area contributed by atoms with Crippen LogP contribution in [0.2, 0.25) is 0 Å². The van der Waals surface area contributed by atoms with E-state index in [1.54, 1.807) is 11.3 Å². The molecule has 1 amide bonds. The Morgan fingerprint density at radius 1 is 1.62 bits per heavy atom. The third-order valence-electron chi connectivity index (χ3n) is 2.84. The summed E-state index contributed by atoms with van der Waals surface area (Å²) in [5.41, 5.74) is 0. The molecule has 88 valence electrons. The third kappa shape index (κ3) is 3.61. The summed E-state index contributed by atoms with van der Waals surface area (Å²) in [7, 11) is 0. The SMILES string of the molecule is O=C(CCc1cccs1)N[C@H]1CCCNC1. The second-order valence-electron chi connectivity index (χ2n) is 4.19. The summed E-state index contributed by atoms with van der Waals surface area (Å²) >= 11 is 1.72. The van der Waals surface area contributed by atoms with Gasteiger partial charge in [0.15, 0.2) is 0 Å². The Morgan fingerprint density at radius 2 is 2.56 bits per heavy atom. The predicted octanol–water partition coefficient (Wildman–Crippen LogP) is 1.55. The molecule has 0 spiro atoms. The molecule has 2 N–H and O–H groups in total. The number of carbonyl (C=O) groups is 1. The number of thiophene rings is 1. The molecular formula is C12H18N2OS. The van der Waals surface area contributed by atoms with E-state index in [1.807, 2.05) is 6.07 Å². The maximum absolute atomic E-state index is 11.7. The first-order valence-corrected chi connectivity index (χ1v) is 6.75. The lowest BCUT2D eigenvalue weighted by Gasteiger charge is -2.23. The lowest BCUT2D eigenvalue weighted by atomic mass is 10.1. The van der Waals surface area contributed by atoms with Gasteiger partial charge >= 0.3 is 0 Å². The number of hydrogen-bond donors (Lipinski definition) is 2. The fourth-order valence-electron chi connectivity index (χ4n) is 1.97. The Kier molecular flexibility index (Phi) is 4.36. The van der Waals surface area contributed by atoms with Crippen molar-refractivity contribution in [2.24, 2.45) is 0 Å². The minimum atomic E-state index is 0.183. The second kappa shape index (κ2) is 6.01. The maximum atomic E-state index is 11.7. The van der Waals surface area contributed by atoms with E-state index in [0.29, 0.717) is 12.5 Å². The average Bonchev–Trinajstić information content (AvgIpc) is 2.81. The van der Waals surface area contributed by atoms with Gasteiger partial charge in [0, 0.05) is 23.9 Å². The zero-order chi connectivity index (χ0) is 11.2. The summed E-state index contributed by atoms with van der Waals surface area (Å²) in [6.07, 6.45) is 3.74. The standard InChI is InChI=1S/C12H18N2OS/c15-12(6-5-11-4-2-8-16-11)14-10-3-1-7-13-9-10/h2,4,8,10,13H,1,3,5-7,9H2,(H,14,15)/t10-/m0/s1.